The van der Waals surface area contributed by atoms with E-state index < -0.39 is 5.97 Å². The zero-order valence-corrected chi connectivity index (χ0v) is 8.63. The molecule has 0 aromatic carbocycles. The second-order valence-corrected chi connectivity index (χ2v) is 4.24. The Hall–Kier alpha value is -1.32. The minimum absolute atomic E-state index is 0.0292. The normalized spacial score (nSPS) is 24.2. The number of rotatable bonds is 3. The number of hydrogen-bond acceptors (Lipinski definition) is 2. The van der Waals surface area contributed by atoms with Crippen LogP contribution in [0.2, 0.25) is 0 Å². The Kier molecular flexibility index (Phi) is 2.64. The molecule has 1 fully saturated rings. The summed E-state index contributed by atoms with van der Waals surface area (Å²) < 4.78 is 0. The molecule has 4 heteroatoms. The van der Waals surface area contributed by atoms with Gasteiger partial charge in [0.2, 0.25) is 5.91 Å². The molecule has 1 saturated carbocycles. The SMILES string of the molecule is C/C=C(/NC(=O)C1CC1(C)C)C(=O)O. The van der Waals surface area contributed by atoms with Crippen molar-refractivity contribution < 1.29 is 14.7 Å². The second kappa shape index (κ2) is 3.44. The van der Waals surface area contributed by atoms with Crippen molar-refractivity contribution >= 4 is 11.9 Å². The molecule has 4 nitrogen and oxygen atoms in total. The molecule has 0 aromatic rings. The van der Waals surface area contributed by atoms with Crippen LogP contribution in [0.15, 0.2) is 11.8 Å². The number of carbonyl (C=O) groups is 2. The van der Waals surface area contributed by atoms with Gasteiger partial charge in [0.1, 0.15) is 5.70 Å². The first-order valence-electron chi connectivity index (χ1n) is 4.59. The smallest absolute Gasteiger partial charge is 0.352 e. The van der Waals surface area contributed by atoms with Crippen molar-refractivity contribution in [1.29, 1.82) is 0 Å². The van der Waals surface area contributed by atoms with Crippen LogP contribution in [0.5, 0.6) is 0 Å². The van der Waals surface area contributed by atoms with Crippen LogP contribution in [-0.2, 0) is 9.59 Å². The summed E-state index contributed by atoms with van der Waals surface area (Å²) in [4.78, 5) is 22.1. The van der Waals surface area contributed by atoms with Crippen LogP contribution in [0.1, 0.15) is 27.2 Å². The summed E-state index contributed by atoms with van der Waals surface area (Å²) >= 11 is 0. The number of carbonyl (C=O) groups excluding carboxylic acids is 1. The summed E-state index contributed by atoms with van der Waals surface area (Å²) in [6.07, 6.45) is 2.21. The van der Waals surface area contributed by atoms with E-state index in [-0.39, 0.29) is 22.9 Å². The van der Waals surface area contributed by atoms with Crippen molar-refractivity contribution in [2.24, 2.45) is 11.3 Å². The summed E-state index contributed by atoms with van der Waals surface area (Å²) in [6.45, 7) is 5.57. The van der Waals surface area contributed by atoms with Crippen molar-refractivity contribution in [3.8, 4) is 0 Å². The number of aliphatic carboxylic acids is 1. The van der Waals surface area contributed by atoms with Crippen LogP contribution in [0.3, 0.4) is 0 Å². The van der Waals surface area contributed by atoms with Gasteiger partial charge in [-0.1, -0.05) is 19.9 Å². The standard InChI is InChI=1S/C10H15NO3/c1-4-7(9(13)14)11-8(12)6-5-10(6,2)3/h4,6H,5H2,1-3H3,(H,11,12)(H,13,14)/b7-4+. The second-order valence-electron chi connectivity index (χ2n) is 4.24. The van der Waals surface area contributed by atoms with Gasteiger partial charge in [0.25, 0.3) is 0 Å². The Morgan fingerprint density at radius 2 is 2.00 bits per heavy atom. The molecule has 2 N–H and O–H groups in total. The topological polar surface area (TPSA) is 66.4 Å². The van der Waals surface area contributed by atoms with Gasteiger partial charge in [0.15, 0.2) is 0 Å². The van der Waals surface area contributed by atoms with Gasteiger partial charge in [-0.05, 0) is 18.8 Å². The highest BCUT2D eigenvalue weighted by molar-refractivity contribution is 5.94. The fraction of sp³-hybridized carbons (Fsp3) is 0.600. The Morgan fingerprint density at radius 1 is 1.50 bits per heavy atom. The molecule has 0 heterocycles. The first kappa shape index (κ1) is 10.8. The number of allylic oxidation sites excluding steroid dienone is 1. The fourth-order valence-corrected chi connectivity index (χ4v) is 1.38. The van der Waals surface area contributed by atoms with Crippen LogP contribution in [0.25, 0.3) is 0 Å². The minimum Gasteiger partial charge on any atom is -0.477 e. The third-order valence-corrected chi connectivity index (χ3v) is 2.61. The van der Waals surface area contributed by atoms with Crippen molar-refractivity contribution in [2.45, 2.75) is 27.2 Å². The van der Waals surface area contributed by atoms with E-state index in [0.29, 0.717) is 0 Å². The van der Waals surface area contributed by atoms with E-state index >= 15 is 0 Å². The Morgan fingerprint density at radius 3 is 2.29 bits per heavy atom. The lowest BCUT2D eigenvalue weighted by atomic mass is 10.1. The molecule has 1 atom stereocenters. The van der Waals surface area contributed by atoms with E-state index in [1.165, 1.54) is 6.08 Å². The lowest BCUT2D eigenvalue weighted by molar-refractivity contribution is -0.135. The van der Waals surface area contributed by atoms with Crippen molar-refractivity contribution in [2.75, 3.05) is 0 Å². The molecule has 78 valence electrons. The van der Waals surface area contributed by atoms with Crippen molar-refractivity contribution in [3.05, 3.63) is 11.8 Å². The third-order valence-electron chi connectivity index (χ3n) is 2.61. The van der Waals surface area contributed by atoms with Gasteiger partial charge in [-0.2, -0.15) is 0 Å². The predicted molar refractivity (Wildman–Crippen MR) is 51.4 cm³/mol. The molecule has 0 aromatic heterocycles. The zero-order valence-electron chi connectivity index (χ0n) is 8.63. The quantitative estimate of drug-likeness (QED) is 0.667. The fourth-order valence-electron chi connectivity index (χ4n) is 1.38. The number of amides is 1. The van der Waals surface area contributed by atoms with E-state index in [4.69, 9.17) is 5.11 Å². The largest absolute Gasteiger partial charge is 0.477 e. The van der Waals surface area contributed by atoms with E-state index in [1.54, 1.807) is 6.92 Å². The zero-order chi connectivity index (χ0) is 10.9. The van der Waals surface area contributed by atoms with Gasteiger partial charge < -0.3 is 10.4 Å². The van der Waals surface area contributed by atoms with Crippen LogP contribution < -0.4 is 5.32 Å². The van der Waals surface area contributed by atoms with E-state index in [0.717, 1.165) is 6.42 Å². The summed E-state index contributed by atoms with van der Waals surface area (Å²) in [6, 6.07) is 0. The summed E-state index contributed by atoms with van der Waals surface area (Å²) in [5.74, 6) is -1.33. The molecule has 1 unspecified atom stereocenters. The van der Waals surface area contributed by atoms with Gasteiger partial charge in [-0.15, -0.1) is 0 Å². The lowest BCUT2D eigenvalue weighted by Gasteiger charge is -2.06. The molecule has 0 bridgehead atoms. The summed E-state index contributed by atoms with van der Waals surface area (Å²) in [5, 5.41) is 11.1. The Labute approximate surface area is 83.0 Å². The number of nitrogens with one attached hydrogen (secondary N) is 1. The molecular weight excluding hydrogens is 182 g/mol. The van der Waals surface area contributed by atoms with E-state index in [1.807, 2.05) is 13.8 Å². The average molecular weight is 197 g/mol. The van der Waals surface area contributed by atoms with Crippen LogP contribution in [-0.4, -0.2) is 17.0 Å². The van der Waals surface area contributed by atoms with Crippen molar-refractivity contribution in [3.63, 3.8) is 0 Å². The van der Waals surface area contributed by atoms with E-state index in [9.17, 15) is 9.59 Å². The van der Waals surface area contributed by atoms with Crippen LogP contribution in [0.4, 0.5) is 0 Å². The highest BCUT2D eigenvalue weighted by atomic mass is 16.4. The molecule has 0 aliphatic heterocycles. The lowest BCUT2D eigenvalue weighted by Crippen LogP contribution is -2.29. The van der Waals surface area contributed by atoms with Crippen LogP contribution in [0, 0.1) is 11.3 Å². The third kappa shape index (κ3) is 2.13. The first-order valence-corrected chi connectivity index (χ1v) is 4.59. The maximum Gasteiger partial charge on any atom is 0.352 e. The molecular formula is C10H15NO3. The molecule has 1 rings (SSSR count). The first-order chi connectivity index (χ1) is 6.38. The van der Waals surface area contributed by atoms with Gasteiger partial charge in [0, 0.05) is 5.92 Å². The van der Waals surface area contributed by atoms with Gasteiger partial charge >= 0.3 is 5.97 Å². The molecule has 14 heavy (non-hydrogen) atoms. The van der Waals surface area contributed by atoms with Crippen LogP contribution >= 0.6 is 0 Å². The predicted octanol–water partition coefficient (Wildman–Crippen LogP) is 1.14. The molecule has 1 aliphatic carbocycles. The minimum atomic E-state index is -1.10. The molecule has 1 amide bonds. The number of hydrogen-bond donors (Lipinski definition) is 2. The maximum atomic E-state index is 11.5. The molecule has 0 spiro atoms. The summed E-state index contributed by atoms with van der Waals surface area (Å²) in [5.41, 5.74) is -0.0146. The monoisotopic (exact) mass is 197 g/mol. The van der Waals surface area contributed by atoms with Gasteiger partial charge in [-0.3, -0.25) is 4.79 Å². The van der Waals surface area contributed by atoms with Gasteiger partial charge in [0.05, 0.1) is 0 Å². The Bertz CT molecular complexity index is 304. The molecule has 0 saturated heterocycles. The highest BCUT2D eigenvalue weighted by Gasteiger charge is 2.50. The molecule has 0 radical (unpaired) electrons. The highest BCUT2D eigenvalue weighted by Crippen LogP contribution is 2.51. The number of carboxylic acids is 1. The van der Waals surface area contributed by atoms with Gasteiger partial charge in [-0.25, -0.2) is 4.79 Å². The van der Waals surface area contributed by atoms with Crippen molar-refractivity contribution in [1.82, 2.24) is 5.32 Å². The molecule has 1 aliphatic rings. The summed E-state index contributed by atoms with van der Waals surface area (Å²) in [7, 11) is 0. The number of carboxylic acid groups (broad SMARTS) is 1. The Balaban J connectivity index is 2.54. The average Bonchev–Trinajstić information content (AvgIpc) is 2.70. The maximum absolute atomic E-state index is 11.5. The van der Waals surface area contributed by atoms with E-state index in [2.05, 4.69) is 5.32 Å².